The van der Waals surface area contributed by atoms with Crippen LogP contribution >= 0.6 is 0 Å². The summed E-state index contributed by atoms with van der Waals surface area (Å²) in [5, 5.41) is 18.3. The van der Waals surface area contributed by atoms with E-state index < -0.39 is 0 Å². The van der Waals surface area contributed by atoms with Crippen LogP contribution in [0.2, 0.25) is 0 Å². The van der Waals surface area contributed by atoms with Gasteiger partial charge in [0.25, 0.3) is 0 Å². The van der Waals surface area contributed by atoms with E-state index in [4.69, 9.17) is 5.26 Å². The second-order valence-corrected chi connectivity index (χ2v) is 5.43. The van der Waals surface area contributed by atoms with E-state index in [1.807, 2.05) is 25.1 Å². The molecule has 0 unspecified atom stereocenters. The second-order valence-electron chi connectivity index (χ2n) is 5.43. The van der Waals surface area contributed by atoms with Crippen LogP contribution in [-0.4, -0.2) is 5.78 Å². The zero-order valence-corrected chi connectivity index (χ0v) is 13.3. The molecule has 3 nitrogen and oxygen atoms in total. The van der Waals surface area contributed by atoms with E-state index in [1.165, 1.54) is 6.92 Å². The first-order valence-corrected chi connectivity index (χ1v) is 7.20. The molecule has 2 rings (SSSR count). The van der Waals surface area contributed by atoms with Crippen molar-refractivity contribution in [1.29, 1.82) is 10.5 Å². The summed E-state index contributed by atoms with van der Waals surface area (Å²) >= 11 is 0. The Hall–Kier alpha value is -3.17. The Morgan fingerprint density at radius 3 is 2.35 bits per heavy atom. The number of allylic oxidation sites excluding steroid dienone is 1. The van der Waals surface area contributed by atoms with E-state index >= 15 is 0 Å². The fourth-order valence-electron chi connectivity index (χ4n) is 2.34. The third-order valence-electron chi connectivity index (χ3n) is 3.81. The van der Waals surface area contributed by atoms with Gasteiger partial charge < -0.3 is 0 Å². The molecular formula is C20H16N2O. The van der Waals surface area contributed by atoms with Gasteiger partial charge in [-0.05, 0) is 78.9 Å². The number of carbonyl (C=O) groups is 1. The summed E-state index contributed by atoms with van der Waals surface area (Å²) < 4.78 is 0. The summed E-state index contributed by atoms with van der Waals surface area (Å²) in [7, 11) is 0. The van der Waals surface area contributed by atoms with Crippen molar-refractivity contribution < 1.29 is 4.79 Å². The lowest BCUT2D eigenvalue weighted by Crippen LogP contribution is -1.95. The van der Waals surface area contributed by atoms with Gasteiger partial charge in [0.1, 0.15) is 0 Å². The van der Waals surface area contributed by atoms with Gasteiger partial charge in [0.15, 0.2) is 5.78 Å². The van der Waals surface area contributed by atoms with Gasteiger partial charge in [0, 0.05) is 0 Å². The van der Waals surface area contributed by atoms with Crippen LogP contribution in [0.15, 0.2) is 42.0 Å². The minimum Gasteiger partial charge on any atom is -0.295 e. The molecule has 0 spiro atoms. The molecule has 0 heterocycles. The Kier molecular flexibility index (Phi) is 4.74. The Morgan fingerprint density at radius 2 is 1.74 bits per heavy atom. The number of Topliss-reactive ketones (excluding diaryl/α,β-unsaturated/α-hetero) is 1. The molecule has 2 aromatic rings. The number of rotatable bonds is 3. The van der Waals surface area contributed by atoms with Gasteiger partial charge >= 0.3 is 0 Å². The first-order valence-electron chi connectivity index (χ1n) is 7.20. The average Bonchev–Trinajstić information content (AvgIpc) is 2.56. The molecule has 0 saturated heterocycles. The Labute approximate surface area is 136 Å². The molecule has 0 radical (unpaired) electrons. The van der Waals surface area contributed by atoms with Crippen molar-refractivity contribution in [3.05, 3.63) is 64.2 Å². The second kappa shape index (κ2) is 6.73. The van der Waals surface area contributed by atoms with Gasteiger partial charge in [-0.3, -0.25) is 4.79 Å². The number of hydrogen-bond acceptors (Lipinski definition) is 3. The van der Waals surface area contributed by atoms with Gasteiger partial charge in [0.05, 0.1) is 23.3 Å². The maximum Gasteiger partial charge on any atom is 0.155 e. The van der Waals surface area contributed by atoms with Crippen LogP contribution in [0.25, 0.3) is 17.2 Å². The van der Waals surface area contributed by atoms with Gasteiger partial charge in [-0.1, -0.05) is 12.1 Å². The van der Waals surface area contributed by atoms with Crippen molar-refractivity contribution in [2.75, 3.05) is 0 Å². The average molecular weight is 300 g/mol. The van der Waals surface area contributed by atoms with Crippen LogP contribution in [0.4, 0.5) is 0 Å². The minimum atomic E-state index is -0.000196. The summed E-state index contributed by atoms with van der Waals surface area (Å²) in [5.41, 5.74) is 5.32. The molecule has 2 aromatic carbocycles. The molecule has 0 atom stereocenters. The Balaban J connectivity index is 2.70. The van der Waals surface area contributed by atoms with Crippen molar-refractivity contribution in [3.8, 4) is 23.3 Å². The van der Waals surface area contributed by atoms with Gasteiger partial charge in [-0.2, -0.15) is 10.5 Å². The van der Waals surface area contributed by atoms with Crippen molar-refractivity contribution in [1.82, 2.24) is 0 Å². The molecule has 0 N–H and O–H groups in total. The molecule has 0 amide bonds. The molecule has 0 saturated carbocycles. The quantitative estimate of drug-likeness (QED) is 0.789. The number of benzene rings is 2. The Bertz CT molecular complexity index is 893. The number of hydrogen-bond donors (Lipinski definition) is 0. The smallest absolute Gasteiger partial charge is 0.155 e. The van der Waals surface area contributed by atoms with E-state index in [9.17, 15) is 10.1 Å². The maximum absolute atomic E-state index is 11.5. The van der Waals surface area contributed by atoms with Crippen LogP contribution < -0.4 is 0 Å². The van der Waals surface area contributed by atoms with Crippen molar-refractivity contribution in [2.24, 2.45) is 0 Å². The zero-order valence-electron chi connectivity index (χ0n) is 13.3. The van der Waals surface area contributed by atoms with E-state index in [1.54, 1.807) is 31.2 Å². The summed E-state index contributed by atoms with van der Waals surface area (Å²) in [5.74, 6) is -0.000196. The van der Waals surface area contributed by atoms with E-state index in [0.29, 0.717) is 16.7 Å². The number of carbonyl (C=O) groups excluding carboxylic acids is 1. The normalized spacial score (nSPS) is 10.7. The molecule has 0 aliphatic heterocycles. The summed E-state index contributed by atoms with van der Waals surface area (Å²) in [6.07, 6.45) is 1.80. The lowest BCUT2D eigenvalue weighted by atomic mass is 9.92. The lowest BCUT2D eigenvalue weighted by molar-refractivity contribution is -0.113. The van der Waals surface area contributed by atoms with Gasteiger partial charge in [0.2, 0.25) is 0 Å². The van der Waals surface area contributed by atoms with E-state index in [0.717, 1.165) is 22.3 Å². The number of nitrogens with zero attached hydrogens (tertiary/aromatic N) is 2. The van der Waals surface area contributed by atoms with Crippen LogP contribution in [0.1, 0.15) is 36.1 Å². The van der Waals surface area contributed by atoms with E-state index in [-0.39, 0.29) is 5.78 Å². The predicted octanol–water partition coefficient (Wildman–Crippen LogP) is 4.40. The van der Waals surface area contributed by atoms with Crippen LogP contribution in [0, 0.1) is 29.6 Å². The summed E-state index contributed by atoms with van der Waals surface area (Å²) in [6, 6.07) is 15.1. The largest absolute Gasteiger partial charge is 0.295 e. The lowest BCUT2D eigenvalue weighted by Gasteiger charge is -2.11. The third-order valence-corrected chi connectivity index (χ3v) is 3.81. The molecular weight excluding hydrogens is 284 g/mol. The third kappa shape index (κ3) is 3.54. The highest BCUT2D eigenvalue weighted by Gasteiger charge is 2.10. The van der Waals surface area contributed by atoms with Gasteiger partial charge in [-0.15, -0.1) is 0 Å². The molecule has 112 valence electrons. The van der Waals surface area contributed by atoms with Crippen LogP contribution in [0.5, 0.6) is 0 Å². The van der Waals surface area contributed by atoms with E-state index in [2.05, 4.69) is 12.1 Å². The topological polar surface area (TPSA) is 64.7 Å². The van der Waals surface area contributed by atoms with Crippen LogP contribution in [0.3, 0.4) is 0 Å². The Morgan fingerprint density at radius 1 is 1.04 bits per heavy atom. The monoisotopic (exact) mass is 300 g/mol. The molecule has 3 heteroatoms. The fraction of sp³-hybridized carbons (Fsp3) is 0.150. The van der Waals surface area contributed by atoms with Crippen molar-refractivity contribution in [2.45, 2.75) is 20.8 Å². The minimum absolute atomic E-state index is 0.000196. The molecule has 0 aromatic heterocycles. The molecule has 0 bridgehead atoms. The first kappa shape index (κ1) is 16.2. The zero-order chi connectivity index (χ0) is 17.0. The maximum atomic E-state index is 11.5. The number of nitriles is 2. The van der Waals surface area contributed by atoms with Crippen molar-refractivity contribution in [3.63, 3.8) is 0 Å². The molecule has 0 aliphatic rings. The first-order chi connectivity index (χ1) is 11.0. The fourth-order valence-corrected chi connectivity index (χ4v) is 2.34. The highest BCUT2D eigenvalue weighted by molar-refractivity contribution is 5.97. The standard InChI is InChI=1S/C20H16N2O/c1-13(15(3)23)7-19-9-17(12-22)10-20(14(19)2)18-6-4-5-16(8-18)11-21/h4-10H,1-3H3/b13-7+. The van der Waals surface area contributed by atoms with Crippen molar-refractivity contribution >= 4 is 11.9 Å². The number of ketones is 1. The summed E-state index contributed by atoms with van der Waals surface area (Å²) in [4.78, 5) is 11.5. The highest BCUT2D eigenvalue weighted by atomic mass is 16.1. The molecule has 0 fully saturated rings. The van der Waals surface area contributed by atoms with Crippen LogP contribution in [-0.2, 0) is 4.79 Å². The van der Waals surface area contributed by atoms with Gasteiger partial charge in [-0.25, -0.2) is 0 Å². The highest BCUT2D eigenvalue weighted by Crippen LogP contribution is 2.29. The predicted molar refractivity (Wildman–Crippen MR) is 90.4 cm³/mol. The summed E-state index contributed by atoms with van der Waals surface area (Å²) in [6.45, 7) is 5.23. The SMILES string of the molecule is CC(=O)/C(C)=C/c1cc(C#N)cc(-c2cccc(C#N)c2)c1C. The molecule has 23 heavy (non-hydrogen) atoms. The molecule has 0 aliphatic carbocycles.